The zero-order valence-corrected chi connectivity index (χ0v) is 5.48. The number of hydrogen-bond acceptors (Lipinski definition) is 2. The normalized spacial score (nSPS) is 28.9. The Morgan fingerprint density at radius 2 is 2.12 bits per heavy atom. The van der Waals surface area contributed by atoms with Crippen molar-refractivity contribution in [3.8, 4) is 0 Å². The van der Waals surface area contributed by atoms with Gasteiger partial charge in [0.05, 0.1) is 13.2 Å². The highest BCUT2D eigenvalue weighted by atomic mass is 16.5. The Labute approximate surface area is 50.0 Å². The smallest absolute Gasteiger partial charge is 0.0556 e. The molecule has 1 heterocycles. The minimum Gasteiger partial charge on any atom is -0.380 e. The average Bonchev–Trinajstić information content (AvgIpc) is 1.60. The predicted octanol–water partition coefficient (Wildman–Crippen LogP) is 0.370. The molecule has 2 N–H and O–H groups in total. The summed E-state index contributed by atoms with van der Waals surface area (Å²) in [7, 11) is 0. The van der Waals surface area contributed by atoms with Gasteiger partial charge in [0.15, 0.2) is 0 Å². The molecule has 8 heavy (non-hydrogen) atoms. The molecule has 1 aliphatic rings. The van der Waals surface area contributed by atoms with Gasteiger partial charge in [0.25, 0.3) is 0 Å². The minimum atomic E-state index is 0.274. The second kappa shape index (κ2) is 1.71. The first kappa shape index (κ1) is 6.05. The molecule has 1 aliphatic heterocycles. The molecule has 1 atom stereocenters. The molecule has 1 fully saturated rings. The third-order valence-corrected chi connectivity index (χ3v) is 1.96. The zero-order chi connectivity index (χ0) is 6.20. The van der Waals surface area contributed by atoms with E-state index in [9.17, 15) is 0 Å². The molecule has 2 heteroatoms. The molecule has 0 radical (unpaired) electrons. The SMILES string of the molecule is C[C@@H](N)C1(C)COC1. The molecule has 2 nitrogen and oxygen atoms in total. The van der Waals surface area contributed by atoms with E-state index in [4.69, 9.17) is 10.5 Å². The third-order valence-electron chi connectivity index (χ3n) is 1.96. The van der Waals surface area contributed by atoms with Crippen LogP contribution in [0.1, 0.15) is 13.8 Å². The Morgan fingerprint density at radius 1 is 1.62 bits per heavy atom. The molecular formula is C6H13NO. The van der Waals surface area contributed by atoms with Gasteiger partial charge in [-0.3, -0.25) is 0 Å². The van der Waals surface area contributed by atoms with E-state index in [1.807, 2.05) is 6.92 Å². The molecule has 0 aliphatic carbocycles. The molecule has 0 bridgehead atoms. The van der Waals surface area contributed by atoms with Gasteiger partial charge in [-0.05, 0) is 6.92 Å². The Morgan fingerprint density at radius 3 is 2.12 bits per heavy atom. The van der Waals surface area contributed by atoms with Crippen LogP contribution in [0.3, 0.4) is 0 Å². The van der Waals surface area contributed by atoms with Crippen LogP contribution >= 0.6 is 0 Å². The fourth-order valence-electron chi connectivity index (χ4n) is 0.687. The maximum absolute atomic E-state index is 5.65. The highest BCUT2D eigenvalue weighted by molar-refractivity contribution is 4.87. The fraction of sp³-hybridized carbons (Fsp3) is 1.00. The van der Waals surface area contributed by atoms with Gasteiger partial charge in [0.1, 0.15) is 0 Å². The van der Waals surface area contributed by atoms with Crippen molar-refractivity contribution in [1.29, 1.82) is 0 Å². The first-order chi connectivity index (χ1) is 3.65. The monoisotopic (exact) mass is 115 g/mol. The Bertz CT molecular complexity index is 86.5. The third kappa shape index (κ3) is 0.740. The summed E-state index contributed by atoms with van der Waals surface area (Å²) in [6.07, 6.45) is 0. The van der Waals surface area contributed by atoms with E-state index < -0.39 is 0 Å². The summed E-state index contributed by atoms with van der Waals surface area (Å²) >= 11 is 0. The maximum Gasteiger partial charge on any atom is 0.0556 e. The van der Waals surface area contributed by atoms with Crippen molar-refractivity contribution in [2.24, 2.45) is 11.1 Å². The van der Waals surface area contributed by atoms with E-state index in [0.717, 1.165) is 13.2 Å². The topological polar surface area (TPSA) is 35.2 Å². The van der Waals surface area contributed by atoms with Gasteiger partial charge >= 0.3 is 0 Å². The van der Waals surface area contributed by atoms with Crippen LogP contribution < -0.4 is 5.73 Å². The molecule has 48 valence electrons. The van der Waals surface area contributed by atoms with Crippen LogP contribution in [0.15, 0.2) is 0 Å². The van der Waals surface area contributed by atoms with E-state index in [0.29, 0.717) is 0 Å². The van der Waals surface area contributed by atoms with Crippen molar-refractivity contribution in [2.75, 3.05) is 13.2 Å². The van der Waals surface area contributed by atoms with Gasteiger partial charge in [0.2, 0.25) is 0 Å². The number of hydrogen-bond donors (Lipinski definition) is 1. The first-order valence-electron chi connectivity index (χ1n) is 2.98. The van der Waals surface area contributed by atoms with E-state index in [2.05, 4.69) is 6.92 Å². The molecule has 0 spiro atoms. The standard InChI is InChI=1S/C6H13NO/c1-5(7)6(2)3-8-4-6/h5H,3-4,7H2,1-2H3/t5-/m1/s1. The summed E-state index contributed by atoms with van der Waals surface area (Å²) < 4.78 is 5.02. The molecule has 0 aromatic carbocycles. The van der Waals surface area contributed by atoms with E-state index in [1.54, 1.807) is 0 Å². The molecule has 1 rings (SSSR count). The maximum atomic E-state index is 5.65. The zero-order valence-electron chi connectivity index (χ0n) is 5.48. The van der Waals surface area contributed by atoms with Gasteiger partial charge in [-0.2, -0.15) is 0 Å². The van der Waals surface area contributed by atoms with Crippen molar-refractivity contribution >= 4 is 0 Å². The van der Waals surface area contributed by atoms with Gasteiger partial charge < -0.3 is 10.5 Å². The number of nitrogens with two attached hydrogens (primary N) is 1. The van der Waals surface area contributed by atoms with Crippen molar-refractivity contribution in [3.05, 3.63) is 0 Å². The highest BCUT2D eigenvalue weighted by Crippen LogP contribution is 2.28. The Kier molecular flexibility index (Phi) is 1.29. The van der Waals surface area contributed by atoms with Crippen LogP contribution in [0.4, 0.5) is 0 Å². The molecule has 0 amide bonds. The summed E-state index contributed by atoms with van der Waals surface area (Å²) in [5.41, 5.74) is 5.93. The summed E-state index contributed by atoms with van der Waals surface area (Å²) in [5, 5.41) is 0. The van der Waals surface area contributed by atoms with Crippen LogP contribution in [0, 0.1) is 5.41 Å². The second-order valence-corrected chi connectivity index (χ2v) is 2.94. The minimum absolute atomic E-state index is 0.274. The van der Waals surface area contributed by atoms with E-state index in [1.165, 1.54) is 0 Å². The summed E-state index contributed by atoms with van der Waals surface area (Å²) in [4.78, 5) is 0. The highest BCUT2D eigenvalue weighted by Gasteiger charge is 2.36. The largest absolute Gasteiger partial charge is 0.380 e. The molecule has 0 aromatic heterocycles. The Hall–Kier alpha value is -0.0800. The molecular weight excluding hydrogens is 102 g/mol. The lowest BCUT2D eigenvalue weighted by Crippen LogP contribution is -2.51. The summed E-state index contributed by atoms with van der Waals surface area (Å²) in [6.45, 7) is 5.86. The van der Waals surface area contributed by atoms with Crippen LogP contribution in [0.2, 0.25) is 0 Å². The van der Waals surface area contributed by atoms with Crippen LogP contribution in [-0.2, 0) is 4.74 Å². The van der Waals surface area contributed by atoms with Gasteiger partial charge in [-0.25, -0.2) is 0 Å². The van der Waals surface area contributed by atoms with Gasteiger partial charge in [-0.1, -0.05) is 6.92 Å². The summed E-state index contributed by atoms with van der Waals surface area (Å²) in [5.74, 6) is 0. The van der Waals surface area contributed by atoms with Crippen molar-refractivity contribution in [3.63, 3.8) is 0 Å². The van der Waals surface area contributed by atoms with Gasteiger partial charge in [0, 0.05) is 11.5 Å². The lowest BCUT2D eigenvalue weighted by molar-refractivity contribution is -0.111. The second-order valence-electron chi connectivity index (χ2n) is 2.94. The number of rotatable bonds is 1. The van der Waals surface area contributed by atoms with Crippen LogP contribution in [0.5, 0.6) is 0 Å². The van der Waals surface area contributed by atoms with E-state index >= 15 is 0 Å². The van der Waals surface area contributed by atoms with Crippen LogP contribution in [-0.4, -0.2) is 19.3 Å². The summed E-state index contributed by atoms with van der Waals surface area (Å²) in [6, 6.07) is 0.274. The van der Waals surface area contributed by atoms with Gasteiger partial charge in [-0.15, -0.1) is 0 Å². The average molecular weight is 115 g/mol. The molecule has 1 saturated heterocycles. The fourth-order valence-corrected chi connectivity index (χ4v) is 0.687. The van der Waals surface area contributed by atoms with Crippen molar-refractivity contribution in [2.45, 2.75) is 19.9 Å². The van der Waals surface area contributed by atoms with E-state index in [-0.39, 0.29) is 11.5 Å². The first-order valence-corrected chi connectivity index (χ1v) is 2.98. The lowest BCUT2D eigenvalue weighted by Gasteiger charge is -2.41. The predicted molar refractivity (Wildman–Crippen MR) is 32.6 cm³/mol. The molecule has 0 unspecified atom stereocenters. The number of ether oxygens (including phenoxy) is 1. The quantitative estimate of drug-likeness (QED) is 0.536. The van der Waals surface area contributed by atoms with Crippen LogP contribution in [0.25, 0.3) is 0 Å². The van der Waals surface area contributed by atoms with Crippen molar-refractivity contribution in [1.82, 2.24) is 0 Å². The Balaban J connectivity index is 2.41. The van der Waals surface area contributed by atoms with Crippen molar-refractivity contribution < 1.29 is 4.74 Å². The molecule has 0 saturated carbocycles. The molecule has 0 aromatic rings. The lowest BCUT2D eigenvalue weighted by atomic mass is 9.82.